The highest BCUT2D eigenvalue weighted by molar-refractivity contribution is 6.45. The molecule has 0 spiro atoms. The molecular formula is C21H27BO3. The molecule has 0 unspecified atom stereocenters. The molecule has 1 atom stereocenters. The third-order valence-corrected chi connectivity index (χ3v) is 5.45. The van der Waals surface area contributed by atoms with Crippen molar-refractivity contribution in [3.05, 3.63) is 65.7 Å². The maximum atomic E-state index is 6.25. The molecule has 3 nitrogen and oxygen atoms in total. The molecule has 1 aliphatic heterocycles. The number of rotatable bonds is 5. The van der Waals surface area contributed by atoms with Crippen molar-refractivity contribution >= 4 is 7.12 Å². The molecule has 0 bridgehead atoms. The van der Waals surface area contributed by atoms with E-state index in [1.807, 2.05) is 18.2 Å². The Morgan fingerprint density at radius 2 is 1.44 bits per heavy atom. The van der Waals surface area contributed by atoms with Gasteiger partial charge < -0.3 is 14.0 Å². The quantitative estimate of drug-likeness (QED) is 0.724. The van der Waals surface area contributed by atoms with Gasteiger partial charge in [-0.1, -0.05) is 48.5 Å². The average Bonchev–Trinajstić information content (AvgIpc) is 2.80. The van der Waals surface area contributed by atoms with Gasteiger partial charge >= 0.3 is 7.12 Å². The van der Waals surface area contributed by atoms with Crippen LogP contribution in [0.25, 0.3) is 0 Å². The Morgan fingerprint density at radius 1 is 0.880 bits per heavy atom. The summed E-state index contributed by atoms with van der Waals surface area (Å²) in [7, 11) is 1.47. The van der Waals surface area contributed by atoms with Gasteiger partial charge in [0.05, 0.1) is 18.3 Å². The molecule has 1 heterocycles. The van der Waals surface area contributed by atoms with Crippen molar-refractivity contribution < 1.29 is 14.0 Å². The molecule has 2 aromatic carbocycles. The topological polar surface area (TPSA) is 27.7 Å². The van der Waals surface area contributed by atoms with Crippen LogP contribution in [-0.4, -0.2) is 25.4 Å². The Hall–Kier alpha value is -1.78. The first-order valence-electron chi connectivity index (χ1n) is 8.87. The molecular weight excluding hydrogens is 311 g/mol. The van der Waals surface area contributed by atoms with Crippen molar-refractivity contribution in [1.82, 2.24) is 0 Å². The summed E-state index contributed by atoms with van der Waals surface area (Å²) in [6.45, 7) is 8.36. The van der Waals surface area contributed by atoms with Gasteiger partial charge in [-0.05, 0) is 45.6 Å². The first kappa shape index (κ1) is 18.0. The number of hydrogen-bond donors (Lipinski definition) is 0. The second kappa shape index (κ2) is 6.85. The van der Waals surface area contributed by atoms with Crippen LogP contribution in [0.15, 0.2) is 54.6 Å². The van der Waals surface area contributed by atoms with Crippen LogP contribution in [0, 0.1) is 0 Å². The Kier molecular flexibility index (Phi) is 4.94. The van der Waals surface area contributed by atoms with Crippen LogP contribution in [0.1, 0.15) is 44.7 Å². The molecule has 0 amide bonds. The van der Waals surface area contributed by atoms with Crippen LogP contribution in [0.4, 0.5) is 0 Å². The molecule has 132 valence electrons. The molecule has 0 aromatic heterocycles. The molecule has 0 radical (unpaired) electrons. The zero-order chi connectivity index (χ0) is 18.1. The van der Waals surface area contributed by atoms with E-state index in [4.69, 9.17) is 14.0 Å². The van der Waals surface area contributed by atoms with E-state index in [-0.39, 0.29) is 24.2 Å². The van der Waals surface area contributed by atoms with E-state index < -0.39 is 0 Å². The minimum atomic E-state index is -0.320. The lowest BCUT2D eigenvalue weighted by atomic mass is 9.72. The number of benzene rings is 2. The van der Waals surface area contributed by atoms with Crippen molar-refractivity contribution in [2.24, 2.45) is 0 Å². The van der Waals surface area contributed by atoms with Gasteiger partial charge in [0.1, 0.15) is 5.75 Å². The number of methoxy groups -OCH3 is 1. The number of hydrogen-bond acceptors (Lipinski definition) is 3. The van der Waals surface area contributed by atoms with Gasteiger partial charge in [-0.2, -0.15) is 0 Å². The van der Waals surface area contributed by atoms with E-state index in [0.29, 0.717) is 0 Å². The molecule has 0 N–H and O–H groups in total. The highest BCUT2D eigenvalue weighted by atomic mass is 16.7. The van der Waals surface area contributed by atoms with Gasteiger partial charge in [0.25, 0.3) is 0 Å². The minimum absolute atomic E-state index is 0.145. The van der Waals surface area contributed by atoms with Crippen LogP contribution in [0.5, 0.6) is 5.75 Å². The molecule has 3 rings (SSSR count). The summed E-state index contributed by atoms with van der Waals surface area (Å²) in [4.78, 5) is 0. The minimum Gasteiger partial charge on any atom is -0.496 e. The highest BCUT2D eigenvalue weighted by Crippen LogP contribution is 2.42. The van der Waals surface area contributed by atoms with Crippen LogP contribution in [0.2, 0.25) is 6.32 Å². The SMILES string of the molecule is COc1ccccc1[C@H](CB1OC(C)(C)C(C)(C)O1)c1ccccc1. The molecule has 1 saturated heterocycles. The lowest BCUT2D eigenvalue weighted by molar-refractivity contribution is 0.00578. The zero-order valence-electron chi connectivity index (χ0n) is 15.8. The van der Waals surface area contributed by atoms with Gasteiger partial charge in [-0.3, -0.25) is 0 Å². The summed E-state index contributed by atoms with van der Waals surface area (Å²) < 4.78 is 18.1. The molecule has 1 fully saturated rings. The van der Waals surface area contributed by atoms with Gasteiger partial charge in [0.2, 0.25) is 0 Å². The molecule has 0 saturated carbocycles. The molecule has 25 heavy (non-hydrogen) atoms. The van der Waals surface area contributed by atoms with Gasteiger partial charge in [-0.25, -0.2) is 0 Å². The average molecular weight is 338 g/mol. The molecule has 1 aliphatic rings. The highest BCUT2D eigenvalue weighted by Gasteiger charge is 2.51. The van der Waals surface area contributed by atoms with Crippen LogP contribution >= 0.6 is 0 Å². The Morgan fingerprint density at radius 3 is 2.04 bits per heavy atom. The maximum Gasteiger partial charge on any atom is 0.458 e. The molecule has 4 heteroatoms. The summed E-state index contributed by atoms with van der Waals surface area (Å²) in [5.41, 5.74) is 1.76. The smallest absolute Gasteiger partial charge is 0.458 e. The Bertz CT molecular complexity index is 696. The van der Waals surface area contributed by atoms with Crippen molar-refractivity contribution in [3.8, 4) is 5.75 Å². The second-order valence-electron chi connectivity index (χ2n) is 7.63. The summed E-state index contributed by atoms with van der Waals surface area (Å²) in [6.07, 6.45) is 0.747. The summed E-state index contributed by atoms with van der Waals surface area (Å²) in [5, 5.41) is 0. The van der Waals surface area contributed by atoms with E-state index in [0.717, 1.165) is 17.6 Å². The van der Waals surface area contributed by atoms with Gasteiger partial charge in [0.15, 0.2) is 0 Å². The number of ether oxygens (including phenoxy) is 1. The van der Waals surface area contributed by atoms with Crippen molar-refractivity contribution in [3.63, 3.8) is 0 Å². The van der Waals surface area contributed by atoms with Gasteiger partial charge in [-0.15, -0.1) is 0 Å². The van der Waals surface area contributed by atoms with Crippen LogP contribution in [0.3, 0.4) is 0 Å². The lowest BCUT2D eigenvalue weighted by Crippen LogP contribution is -2.41. The molecule has 2 aromatic rings. The normalized spacial score (nSPS) is 19.6. The Balaban J connectivity index is 1.94. The van der Waals surface area contributed by atoms with Crippen LogP contribution in [-0.2, 0) is 9.31 Å². The van der Waals surface area contributed by atoms with Crippen molar-refractivity contribution in [1.29, 1.82) is 0 Å². The predicted molar refractivity (Wildman–Crippen MR) is 102 cm³/mol. The van der Waals surface area contributed by atoms with E-state index in [9.17, 15) is 0 Å². The summed E-state index contributed by atoms with van der Waals surface area (Å²) >= 11 is 0. The van der Waals surface area contributed by atoms with E-state index in [1.165, 1.54) is 5.56 Å². The first-order chi connectivity index (χ1) is 11.8. The third-order valence-electron chi connectivity index (χ3n) is 5.45. The Labute approximate surface area is 151 Å². The predicted octanol–water partition coefficient (Wildman–Crippen LogP) is 4.92. The second-order valence-corrected chi connectivity index (χ2v) is 7.63. The van der Waals surface area contributed by atoms with E-state index in [1.54, 1.807) is 7.11 Å². The maximum absolute atomic E-state index is 6.25. The lowest BCUT2D eigenvalue weighted by Gasteiger charge is -2.32. The fourth-order valence-electron chi connectivity index (χ4n) is 3.34. The fraction of sp³-hybridized carbons (Fsp3) is 0.429. The largest absolute Gasteiger partial charge is 0.496 e. The first-order valence-corrected chi connectivity index (χ1v) is 8.87. The van der Waals surface area contributed by atoms with Crippen molar-refractivity contribution in [2.75, 3.05) is 7.11 Å². The molecule has 0 aliphatic carbocycles. The fourth-order valence-corrected chi connectivity index (χ4v) is 3.34. The van der Waals surface area contributed by atoms with E-state index in [2.05, 4.69) is 64.1 Å². The zero-order valence-corrected chi connectivity index (χ0v) is 15.8. The monoisotopic (exact) mass is 338 g/mol. The number of para-hydroxylation sites is 1. The van der Waals surface area contributed by atoms with Crippen LogP contribution < -0.4 is 4.74 Å². The standard InChI is InChI=1S/C21H27BO3/c1-20(2)21(3,4)25-22(24-20)15-18(16-11-7-6-8-12-16)17-13-9-10-14-19(17)23-5/h6-14,18H,15H2,1-5H3/t18-/m1/s1. The summed E-state index contributed by atoms with van der Waals surface area (Å²) in [6, 6.07) is 18.7. The van der Waals surface area contributed by atoms with Crippen molar-refractivity contribution in [2.45, 2.75) is 51.1 Å². The third kappa shape index (κ3) is 3.60. The summed E-state index contributed by atoms with van der Waals surface area (Å²) in [5.74, 6) is 1.04. The van der Waals surface area contributed by atoms with E-state index >= 15 is 0 Å². The van der Waals surface area contributed by atoms with Gasteiger partial charge in [0, 0.05) is 11.5 Å².